The maximum absolute atomic E-state index is 13.7. The topological polar surface area (TPSA) is 76.1 Å². The Morgan fingerprint density at radius 3 is 2.21 bits per heavy atom. The molecule has 0 radical (unpaired) electrons. The van der Waals surface area contributed by atoms with Crippen molar-refractivity contribution in [2.24, 2.45) is 5.92 Å². The number of methoxy groups -OCH3 is 1. The minimum Gasteiger partial charge on any atom is -0.496 e. The first-order chi connectivity index (χ1) is 18.5. The lowest BCUT2D eigenvalue weighted by atomic mass is 9.72. The van der Waals surface area contributed by atoms with Crippen molar-refractivity contribution in [3.8, 4) is 5.75 Å². The molecule has 1 N–H and O–H groups in total. The number of rotatable bonds is 9. The third-order valence-electron chi connectivity index (χ3n) is 6.94. The van der Waals surface area contributed by atoms with Gasteiger partial charge in [0, 0.05) is 17.2 Å². The molecule has 1 aliphatic heterocycles. The Kier molecular flexibility index (Phi) is 8.35. The third kappa shape index (κ3) is 6.28. The summed E-state index contributed by atoms with van der Waals surface area (Å²) in [5.74, 6) is -1.03. The monoisotopic (exact) mass is 537 g/mol. The van der Waals surface area contributed by atoms with Crippen LogP contribution in [0.15, 0.2) is 66.7 Å². The lowest BCUT2D eigenvalue weighted by Crippen LogP contribution is -2.59. The highest BCUT2D eigenvalue weighted by molar-refractivity contribution is 5.90. The number of aldehydes is 1. The summed E-state index contributed by atoms with van der Waals surface area (Å²) in [6, 6.07) is 15.8. The number of nitrogens with zero attached hydrogens (tertiary/aromatic N) is 1. The van der Waals surface area contributed by atoms with Gasteiger partial charge in [-0.1, -0.05) is 18.2 Å². The van der Waals surface area contributed by atoms with E-state index in [9.17, 15) is 23.5 Å². The van der Waals surface area contributed by atoms with E-state index >= 15 is 0 Å². The van der Waals surface area contributed by atoms with Crippen molar-refractivity contribution >= 4 is 17.9 Å². The van der Waals surface area contributed by atoms with Crippen molar-refractivity contribution in [3.05, 3.63) is 95.1 Å². The van der Waals surface area contributed by atoms with Crippen LogP contribution >= 0.6 is 0 Å². The minimum absolute atomic E-state index is 0.219. The Hall–Kier alpha value is -3.78. The van der Waals surface area contributed by atoms with Gasteiger partial charge in [0.1, 0.15) is 29.3 Å². The molecule has 3 aromatic rings. The van der Waals surface area contributed by atoms with Crippen LogP contribution in [0.1, 0.15) is 67.2 Å². The van der Waals surface area contributed by atoms with Gasteiger partial charge in [-0.25, -0.2) is 13.6 Å². The molecule has 0 aromatic heterocycles. The van der Waals surface area contributed by atoms with Gasteiger partial charge in [0.05, 0.1) is 30.9 Å². The summed E-state index contributed by atoms with van der Waals surface area (Å²) in [6.07, 6.45) is 0.833. The van der Waals surface area contributed by atoms with Gasteiger partial charge in [-0.05, 0) is 87.7 Å². The van der Waals surface area contributed by atoms with Crippen molar-refractivity contribution in [2.45, 2.75) is 57.4 Å². The standard InChI is InChI=1S/C31H33F2NO5/c1-31(2,3)39-30(37)20-7-14-25(28(17-20)38-4)29-24(15-16-27(36)19-5-8-21(32)9-6-19)26(18-35)34(29)23-12-10-22(33)11-13-23/h5-14,17-18,24,26-27,29,36H,15-16H2,1-4H3. The smallest absolute Gasteiger partial charge is 0.338 e. The molecule has 0 bridgehead atoms. The van der Waals surface area contributed by atoms with E-state index in [1.54, 1.807) is 63.2 Å². The molecule has 206 valence electrons. The van der Waals surface area contributed by atoms with Crippen LogP contribution in [-0.4, -0.2) is 36.1 Å². The summed E-state index contributed by atoms with van der Waals surface area (Å²) >= 11 is 0. The van der Waals surface area contributed by atoms with Crippen molar-refractivity contribution in [3.63, 3.8) is 0 Å². The first kappa shape index (κ1) is 28.2. The largest absolute Gasteiger partial charge is 0.496 e. The van der Waals surface area contributed by atoms with Gasteiger partial charge in [-0.3, -0.25) is 0 Å². The molecule has 3 aromatic carbocycles. The second-order valence-corrected chi connectivity index (χ2v) is 10.7. The maximum atomic E-state index is 13.7. The highest BCUT2D eigenvalue weighted by Crippen LogP contribution is 2.51. The normalized spacial score (nSPS) is 19.7. The number of carbonyl (C=O) groups is 2. The molecule has 4 rings (SSSR count). The molecular weight excluding hydrogens is 504 g/mol. The summed E-state index contributed by atoms with van der Waals surface area (Å²) in [4.78, 5) is 26.9. The average Bonchev–Trinajstić information content (AvgIpc) is 2.88. The number of aliphatic hydroxyl groups excluding tert-OH is 1. The van der Waals surface area contributed by atoms with Crippen LogP contribution in [0, 0.1) is 17.6 Å². The van der Waals surface area contributed by atoms with Gasteiger partial charge in [0.15, 0.2) is 0 Å². The third-order valence-corrected chi connectivity index (χ3v) is 6.94. The molecule has 1 heterocycles. The predicted octanol–water partition coefficient (Wildman–Crippen LogP) is 6.19. The Morgan fingerprint density at radius 2 is 1.64 bits per heavy atom. The summed E-state index contributed by atoms with van der Waals surface area (Å²) in [7, 11) is 1.50. The fourth-order valence-electron chi connectivity index (χ4n) is 5.13. The van der Waals surface area contributed by atoms with E-state index in [4.69, 9.17) is 9.47 Å². The molecular formula is C31H33F2NO5. The molecule has 6 nitrogen and oxygen atoms in total. The van der Waals surface area contributed by atoms with Gasteiger partial charge in [-0.15, -0.1) is 0 Å². The van der Waals surface area contributed by atoms with E-state index in [-0.39, 0.29) is 17.8 Å². The molecule has 8 heteroatoms. The van der Waals surface area contributed by atoms with E-state index in [1.165, 1.54) is 31.4 Å². The lowest BCUT2D eigenvalue weighted by molar-refractivity contribution is -0.112. The van der Waals surface area contributed by atoms with Crippen LogP contribution in [0.5, 0.6) is 5.75 Å². The number of anilines is 1. The summed E-state index contributed by atoms with van der Waals surface area (Å²) in [6.45, 7) is 5.36. The van der Waals surface area contributed by atoms with Crippen LogP contribution in [0.2, 0.25) is 0 Å². The Bertz CT molecular complexity index is 1300. The number of esters is 1. The van der Waals surface area contributed by atoms with Crippen LogP contribution in [0.3, 0.4) is 0 Å². The van der Waals surface area contributed by atoms with Crippen LogP contribution in [0.25, 0.3) is 0 Å². The molecule has 0 spiro atoms. The number of aliphatic hydroxyl groups is 1. The lowest BCUT2D eigenvalue weighted by Gasteiger charge is -2.55. The molecule has 4 atom stereocenters. The SMILES string of the molecule is COc1cc(C(=O)OC(C)(C)C)ccc1C1C(CCC(O)c2ccc(F)cc2)C(C=O)N1c1ccc(F)cc1. The number of ether oxygens (including phenoxy) is 2. The van der Waals surface area contributed by atoms with Gasteiger partial charge < -0.3 is 24.3 Å². The number of hydrogen-bond donors (Lipinski definition) is 1. The van der Waals surface area contributed by atoms with Crippen LogP contribution < -0.4 is 9.64 Å². The summed E-state index contributed by atoms with van der Waals surface area (Å²) in [5, 5.41) is 10.8. The van der Waals surface area contributed by atoms with E-state index in [2.05, 4.69) is 0 Å². The van der Waals surface area contributed by atoms with Gasteiger partial charge >= 0.3 is 5.97 Å². The number of halogens is 2. The number of benzene rings is 3. The fourth-order valence-corrected chi connectivity index (χ4v) is 5.13. The quantitative estimate of drug-likeness (QED) is 0.259. The Balaban J connectivity index is 1.67. The highest BCUT2D eigenvalue weighted by Gasteiger charge is 2.50. The Labute approximate surface area is 227 Å². The predicted molar refractivity (Wildman–Crippen MR) is 144 cm³/mol. The number of carbonyl (C=O) groups excluding carboxylic acids is 2. The van der Waals surface area contributed by atoms with Crippen molar-refractivity contribution in [1.29, 1.82) is 0 Å². The van der Waals surface area contributed by atoms with E-state index in [0.717, 1.165) is 11.8 Å². The Morgan fingerprint density at radius 1 is 1.03 bits per heavy atom. The fraction of sp³-hybridized carbons (Fsp3) is 0.355. The number of hydrogen-bond acceptors (Lipinski definition) is 6. The van der Waals surface area contributed by atoms with E-state index in [1.807, 2.05) is 4.90 Å². The average molecular weight is 538 g/mol. The highest BCUT2D eigenvalue weighted by atomic mass is 19.1. The van der Waals surface area contributed by atoms with Crippen molar-refractivity contribution in [2.75, 3.05) is 12.0 Å². The summed E-state index contributed by atoms with van der Waals surface area (Å²) in [5.41, 5.74) is 1.66. The molecule has 0 amide bonds. The molecule has 4 unspecified atom stereocenters. The van der Waals surface area contributed by atoms with E-state index < -0.39 is 29.5 Å². The van der Waals surface area contributed by atoms with Crippen molar-refractivity contribution < 1.29 is 33.0 Å². The van der Waals surface area contributed by atoms with Crippen LogP contribution in [0.4, 0.5) is 14.5 Å². The zero-order valence-corrected chi connectivity index (χ0v) is 22.4. The second kappa shape index (κ2) is 11.5. The van der Waals surface area contributed by atoms with Crippen molar-refractivity contribution in [1.82, 2.24) is 0 Å². The molecule has 1 saturated heterocycles. The first-order valence-electron chi connectivity index (χ1n) is 12.9. The minimum atomic E-state index is -0.838. The molecule has 0 saturated carbocycles. The van der Waals surface area contributed by atoms with Crippen LogP contribution in [-0.2, 0) is 9.53 Å². The van der Waals surface area contributed by atoms with Gasteiger partial charge in [-0.2, -0.15) is 0 Å². The molecule has 39 heavy (non-hydrogen) atoms. The summed E-state index contributed by atoms with van der Waals surface area (Å²) < 4.78 is 38.2. The molecule has 0 aliphatic carbocycles. The second-order valence-electron chi connectivity index (χ2n) is 10.7. The van der Waals surface area contributed by atoms with Gasteiger partial charge in [0.2, 0.25) is 0 Å². The zero-order valence-electron chi connectivity index (χ0n) is 22.4. The van der Waals surface area contributed by atoms with E-state index in [0.29, 0.717) is 35.4 Å². The first-order valence-corrected chi connectivity index (χ1v) is 12.9. The molecule has 1 aliphatic rings. The van der Waals surface area contributed by atoms with Gasteiger partial charge in [0.25, 0.3) is 0 Å². The maximum Gasteiger partial charge on any atom is 0.338 e. The molecule has 1 fully saturated rings. The zero-order chi connectivity index (χ0) is 28.3.